The second-order valence-corrected chi connectivity index (χ2v) is 8.16. The molecule has 1 N–H and O–H groups in total. The van der Waals surface area contributed by atoms with Gasteiger partial charge in [-0.1, -0.05) is 38.2 Å². The first-order chi connectivity index (χ1) is 12.1. The van der Waals surface area contributed by atoms with E-state index in [1.807, 2.05) is 41.0 Å². The number of aromatic nitrogens is 3. The molecule has 2 heterocycles. The molecule has 2 aromatic rings. The number of hydrogen-bond acceptors (Lipinski definition) is 4. The monoisotopic (exact) mass is 378 g/mol. The molecule has 0 radical (unpaired) electrons. The van der Waals surface area contributed by atoms with Crippen LogP contribution in [0.15, 0.2) is 17.5 Å². The molecule has 1 saturated carbocycles. The van der Waals surface area contributed by atoms with Gasteiger partial charge in [0.2, 0.25) is 5.91 Å². The van der Waals surface area contributed by atoms with E-state index in [-0.39, 0.29) is 11.9 Å². The number of rotatable bonds is 4. The molecule has 25 heavy (non-hydrogen) atoms. The van der Waals surface area contributed by atoms with E-state index in [9.17, 15) is 4.79 Å². The van der Waals surface area contributed by atoms with Crippen LogP contribution in [0.5, 0.6) is 0 Å². The number of nitrogens with zero attached hydrogens (tertiary/aromatic N) is 3. The van der Waals surface area contributed by atoms with Crippen molar-refractivity contribution < 1.29 is 4.79 Å². The van der Waals surface area contributed by atoms with E-state index >= 15 is 0 Å². The van der Waals surface area contributed by atoms with Crippen molar-refractivity contribution in [2.45, 2.75) is 64.0 Å². The highest BCUT2D eigenvalue weighted by atomic mass is 32.1. The van der Waals surface area contributed by atoms with Gasteiger partial charge in [-0.3, -0.25) is 14.5 Å². The largest absolute Gasteiger partial charge is 0.341 e. The summed E-state index contributed by atoms with van der Waals surface area (Å²) >= 11 is 7.00. The number of hydrogen-bond donors (Lipinski definition) is 1. The summed E-state index contributed by atoms with van der Waals surface area (Å²) in [7, 11) is 1.94. The first kappa shape index (κ1) is 18.3. The standard InChI is InChI=1S/C18H26N4OS2/c1-13(17(23)21(2)14-9-6-4-3-5-7-10-14)22-16(19-20-18(22)24)15-11-8-12-25-15/h8,11-14H,3-7,9-10H2,1-2H3,(H,20,24). The summed E-state index contributed by atoms with van der Waals surface area (Å²) in [6, 6.07) is 3.96. The Hall–Kier alpha value is -1.47. The Balaban J connectivity index is 1.80. The van der Waals surface area contributed by atoms with Crippen LogP contribution < -0.4 is 0 Å². The Morgan fingerprint density at radius 3 is 2.68 bits per heavy atom. The Morgan fingerprint density at radius 2 is 2.04 bits per heavy atom. The van der Waals surface area contributed by atoms with Crippen molar-refractivity contribution in [2.24, 2.45) is 0 Å². The lowest BCUT2D eigenvalue weighted by molar-refractivity contribution is -0.135. The van der Waals surface area contributed by atoms with Crippen LogP contribution in [-0.2, 0) is 4.79 Å². The van der Waals surface area contributed by atoms with Gasteiger partial charge in [-0.25, -0.2) is 0 Å². The molecule has 0 spiro atoms. The number of H-pyrrole nitrogens is 1. The summed E-state index contributed by atoms with van der Waals surface area (Å²) in [4.78, 5) is 16.1. The number of likely N-dealkylation sites (N-methyl/N-ethyl adjacent to an activating group) is 1. The Bertz CT molecular complexity index is 741. The minimum Gasteiger partial charge on any atom is -0.341 e. The van der Waals surface area contributed by atoms with Crippen molar-refractivity contribution in [3.05, 3.63) is 22.3 Å². The molecular weight excluding hydrogens is 352 g/mol. The predicted molar refractivity (Wildman–Crippen MR) is 104 cm³/mol. The highest BCUT2D eigenvalue weighted by Gasteiger charge is 2.28. The van der Waals surface area contributed by atoms with E-state index < -0.39 is 0 Å². The lowest BCUT2D eigenvalue weighted by atomic mass is 9.95. The van der Waals surface area contributed by atoms with Gasteiger partial charge in [0, 0.05) is 13.1 Å². The third kappa shape index (κ3) is 4.03. The maximum atomic E-state index is 13.1. The lowest BCUT2D eigenvalue weighted by Crippen LogP contribution is -2.41. The minimum absolute atomic E-state index is 0.112. The van der Waals surface area contributed by atoms with Crippen LogP contribution in [0.4, 0.5) is 0 Å². The topological polar surface area (TPSA) is 53.9 Å². The quantitative estimate of drug-likeness (QED) is 0.778. The zero-order valence-electron chi connectivity index (χ0n) is 14.9. The number of carbonyl (C=O) groups is 1. The summed E-state index contributed by atoms with van der Waals surface area (Å²) < 4.78 is 2.35. The summed E-state index contributed by atoms with van der Waals surface area (Å²) in [5, 5.41) is 9.20. The van der Waals surface area contributed by atoms with Crippen LogP contribution in [0.1, 0.15) is 57.9 Å². The Labute approximate surface area is 158 Å². The average Bonchev–Trinajstić information content (AvgIpc) is 3.22. The van der Waals surface area contributed by atoms with Crippen LogP contribution in [0, 0.1) is 4.77 Å². The number of thiophene rings is 1. The SMILES string of the molecule is CC(C(=O)N(C)C1CCCCCCC1)n1c(-c2cccs2)n[nH]c1=S. The Morgan fingerprint density at radius 1 is 1.36 bits per heavy atom. The van der Waals surface area contributed by atoms with Gasteiger partial charge in [0.15, 0.2) is 10.6 Å². The number of nitrogens with one attached hydrogen (secondary N) is 1. The molecule has 0 bridgehead atoms. The normalized spacial score (nSPS) is 17.7. The van der Waals surface area contributed by atoms with Crippen LogP contribution >= 0.6 is 23.6 Å². The smallest absolute Gasteiger partial charge is 0.245 e. The van der Waals surface area contributed by atoms with Crippen molar-refractivity contribution in [1.82, 2.24) is 19.7 Å². The van der Waals surface area contributed by atoms with Crippen LogP contribution in [0.25, 0.3) is 10.7 Å². The molecule has 2 aromatic heterocycles. The highest BCUT2D eigenvalue weighted by molar-refractivity contribution is 7.71. The molecule has 0 aromatic carbocycles. The van der Waals surface area contributed by atoms with E-state index in [0.29, 0.717) is 10.8 Å². The zero-order chi connectivity index (χ0) is 17.8. The summed E-state index contributed by atoms with van der Waals surface area (Å²) in [6.45, 7) is 1.92. The fourth-order valence-corrected chi connectivity index (χ4v) is 4.65. The summed E-state index contributed by atoms with van der Waals surface area (Å²) in [6.07, 6.45) is 8.51. The maximum absolute atomic E-state index is 13.1. The van der Waals surface area contributed by atoms with Crippen LogP contribution in [0.2, 0.25) is 0 Å². The van der Waals surface area contributed by atoms with E-state index in [1.165, 1.54) is 32.1 Å². The van der Waals surface area contributed by atoms with Crippen molar-refractivity contribution >= 4 is 29.5 Å². The maximum Gasteiger partial charge on any atom is 0.245 e. The molecule has 0 aliphatic heterocycles. The third-order valence-corrected chi connectivity index (χ3v) is 6.31. The van der Waals surface area contributed by atoms with Gasteiger partial charge >= 0.3 is 0 Å². The van der Waals surface area contributed by atoms with Crippen LogP contribution in [-0.4, -0.2) is 38.7 Å². The van der Waals surface area contributed by atoms with Gasteiger partial charge in [0.25, 0.3) is 0 Å². The van der Waals surface area contributed by atoms with Crippen molar-refractivity contribution in [2.75, 3.05) is 7.05 Å². The van der Waals surface area contributed by atoms with Crippen molar-refractivity contribution in [3.63, 3.8) is 0 Å². The molecule has 1 unspecified atom stereocenters. The second-order valence-electron chi connectivity index (χ2n) is 6.82. The second kappa shape index (κ2) is 8.27. The number of amides is 1. The molecule has 1 aliphatic rings. The Kier molecular flexibility index (Phi) is 6.06. The van der Waals surface area contributed by atoms with Gasteiger partial charge in [0.1, 0.15) is 6.04 Å². The number of aromatic amines is 1. The average molecular weight is 379 g/mol. The fourth-order valence-electron chi connectivity index (χ4n) is 3.65. The van der Waals surface area contributed by atoms with Crippen molar-refractivity contribution in [3.8, 4) is 10.7 Å². The predicted octanol–water partition coefficient (Wildman–Crippen LogP) is 4.80. The van der Waals surface area contributed by atoms with E-state index in [0.717, 1.165) is 23.5 Å². The van der Waals surface area contributed by atoms with Gasteiger partial charge in [-0.05, 0) is 43.4 Å². The van der Waals surface area contributed by atoms with E-state index in [2.05, 4.69) is 10.2 Å². The third-order valence-electron chi connectivity index (χ3n) is 5.16. The first-order valence-corrected chi connectivity index (χ1v) is 10.4. The molecule has 1 fully saturated rings. The molecule has 7 heteroatoms. The van der Waals surface area contributed by atoms with Gasteiger partial charge in [-0.15, -0.1) is 11.3 Å². The first-order valence-electron chi connectivity index (χ1n) is 9.07. The fraction of sp³-hybridized carbons (Fsp3) is 0.611. The minimum atomic E-state index is -0.362. The van der Waals surface area contributed by atoms with E-state index in [1.54, 1.807) is 11.3 Å². The molecule has 136 valence electrons. The molecule has 1 aliphatic carbocycles. The highest BCUT2D eigenvalue weighted by Crippen LogP contribution is 2.27. The van der Waals surface area contributed by atoms with E-state index in [4.69, 9.17) is 12.2 Å². The van der Waals surface area contributed by atoms with Gasteiger partial charge in [0.05, 0.1) is 4.88 Å². The molecular formula is C18H26N4OS2. The molecule has 1 amide bonds. The summed E-state index contributed by atoms with van der Waals surface area (Å²) in [5.41, 5.74) is 0. The van der Waals surface area contributed by atoms with Crippen LogP contribution in [0.3, 0.4) is 0 Å². The molecule has 0 saturated heterocycles. The lowest BCUT2D eigenvalue weighted by Gasteiger charge is -2.32. The summed E-state index contributed by atoms with van der Waals surface area (Å²) in [5.74, 6) is 0.854. The zero-order valence-corrected chi connectivity index (χ0v) is 16.5. The van der Waals surface area contributed by atoms with Crippen molar-refractivity contribution in [1.29, 1.82) is 0 Å². The molecule has 1 atom stereocenters. The molecule has 5 nitrogen and oxygen atoms in total. The van der Waals surface area contributed by atoms with Gasteiger partial charge < -0.3 is 4.90 Å². The number of carbonyl (C=O) groups excluding carboxylic acids is 1. The van der Waals surface area contributed by atoms with Gasteiger partial charge in [-0.2, -0.15) is 5.10 Å². The molecule has 3 rings (SSSR count).